The number of methoxy groups -OCH3 is 2. The van der Waals surface area contributed by atoms with Crippen LogP contribution in [-0.4, -0.2) is 32.7 Å². The highest BCUT2D eigenvalue weighted by atomic mass is 16.5. The van der Waals surface area contributed by atoms with Crippen molar-refractivity contribution >= 4 is 17.6 Å². The van der Waals surface area contributed by atoms with Crippen LogP contribution in [0.25, 0.3) is 0 Å². The minimum atomic E-state index is -0.446. The number of benzene rings is 2. The van der Waals surface area contributed by atoms with E-state index in [1.54, 1.807) is 56.5 Å². The Labute approximate surface area is 140 Å². The Hall–Kier alpha value is -3.02. The number of rotatable bonds is 6. The second-order valence-corrected chi connectivity index (χ2v) is 4.98. The van der Waals surface area contributed by atoms with Gasteiger partial charge in [-0.15, -0.1) is 0 Å². The van der Waals surface area contributed by atoms with Gasteiger partial charge in [0.25, 0.3) is 5.91 Å². The Bertz CT molecular complexity index is 725. The normalized spacial score (nSPS) is 9.96. The predicted octanol–water partition coefficient (Wildman–Crippen LogP) is 2.81. The number of hydrogen-bond acceptors (Lipinski definition) is 5. The molecule has 0 unspecified atom stereocenters. The lowest BCUT2D eigenvalue weighted by atomic mass is 10.1. The van der Waals surface area contributed by atoms with Crippen molar-refractivity contribution in [2.45, 2.75) is 6.92 Å². The molecule has 0 atom stereocenters. The molecule has 1 N–H and O–H groups in total. The van der Waals surface area contributed by atoms with Crippen molar-refractivity contribution in [2.75, 3.05) is 26.1 Å². The Kier molecular flexibility index (Phi) is 5.78. The van der Waals surface area contributed by atoms with E-state index in [-0.39, 0.29) is 12.5 Å². The molecule has 0 aliphatic rings. The zero-order valence-electron chi connectivity index (χ0n) is 13.8. The van der Waals surface area contributed by atoms with Gasteiger partial charge in [0.05, 0.1) is 19.8 Å². The molecule has 0 saturated heterocycles. The molecule has 0 saturated carbocycles. The van der Waals surface area contributed by atoms with Crippen LogP contribution in [0.4, 0.5) is 5.69 Å². The molecule has 0 bridgehead atoms. The van der Waals surface area contributed by atoms with Gasteiger partial charge in [0.15, 0.2) is 6.61 Å². The molecule has 0 aliphatic carbocycles. The van der Waals surface area contributed by atoms with Gasteiger partial charge in [-0.3, -0.25) is 4.79 Å². The summed E-state index contributed by atoms with van der Waals surface area (Å²) in [6, 6.07) is 12.0. The number of carbonyl (C=O) groups excluding carboxylic acids is 2. The highest BCUT2D eigenvalue weighted by Crippen LogP contribution is 2.20. The zero-order valence-corrected chi connectivity index (χ0v) is 13.8. The van der Waals surface area contributed by atoms with Crippen LogP contribution in [0, 0.1) is 6.92 Å². The van der Waals surface area contributed by atoms with Crippen molar-refractivity contribution < 1.29 is 23.8 Å². The van der Waals surface area contributed by atoms with E-state index in [1.807, 2.05) is 0 Å². The van der Waals surface area contributed by atoms with Crippen molar-refractivity contribution in [1.82, 2.24) is 0 Å². The molecular formula is C18H19NO5. The minimum Gasteiger partial charge on any atom is -0.497 e. The summed E-state index contributed by atoms with van der Waals surface area (Å²) in [6.45, 7) is 1.60. The molecule has 2 aromatic rings. The minimum absolute atomic E-state index is 0.145. The van der Waals surface area contributed by atoms with E-state index in [9.17, 15) is 9.59 Å². The number of ether oxygens (including phenoxy) is 3. The van der Waals surface area contributed by atoms with Gasteiger partial charge >= 0.3 is 5.97 Å². The summed E-state index contributed by atoms with van der Waals surface area (Å²) in [6.07, 6.45) is 0. The number of carbonyl (C=O) groups is 2. The van der Waals surface area contributed by atoms with Crippen LogP contribution in [0.5, 0.6) is 11.5 Å². The molecule has 6 heteroatoms. The second-order valence-electron chi connectivity index (χ2n) is 4.98. The molecule has 0 fully saturated rings. The van der Waals surface area contributed by atoms with Crippen LogP contribution in [0.15, 0.2) is 42.5 Å². The van der Waals surface area contributed by atoms with E-state index in [1.165, 1.54) is 7.11 Å². The smallest absolute Gasteiger partial charge is 0.338 e. The third kappa shape index (κ3) is 4.25. The van der Waals surface area contributed by atoms with Crippen LogP contribution in [-0.2, 0) is 9.53 Å². The molecule has 2 aromatic carbocycles. The Morgan fingerprint density at radius 1 is 1.00 bits per heavy atom. The first kappa shape index (κ1) is 17.3. The first-order chi connectivity index (χ1) is 11.5. The molecule has 0 radical (unpaired) electrons. The van der Waals surface area contributed by atoms with Crippen LogP contribution in [0.2, 0.25) is 0 Å². The van der Waals surface area contributed by atoms with Crippen molar-refractivity contribution in [1.29, 1.82) is 0 Å². The summed E-state index contributed by atoms with van der Waals surface area (Å²) in [5, 5.41) is 2.73. The zero-order chi connectivity index (χ0) is 17.5. The average molecular weight is 329 g/mol. The van der Waals surface area contributed by atoms with Gasteiger partial charge in [-0.05, 0) is 48.9 Å². The fourth-order valence-corrected chi connectivity index (χ4v) is 2.11. The van der Waals surface area contributed by atoms with Crippen LogP contribution >= 0.6 is 0 Å². The summed E-state index contributed by atoms with van der Waals surface area (Å²) in [5.74, 6) is 0.502. The molecule has 0 aromatic heterocycles. The fourth-order valence-electron chi connectivity index (χ4n) is 2.11. The first-order valence-electron chi connectivity index (χ1n) is 7.29. The van der Waals surface area contributed by atoms with E-state index in [4.69, 9.17) is 14.2 Å². The van der Waals surface area contributed by atoms with Gasteiger partial charge in [0, 0.05) is 5.69 Å². The maximum atomic E-state index is 12.0. The lowest BCUT2D eigenvalue weighted by molar-refractivity contribution is -0.118. The standard InChI is InChI=1S/C18H19NO5/c1-12-15(18(21)23-3)5-4-6-16(12)19-17(20)11-24-14-9-7-13(22-2)8-10-14/h4-10H,11H2,1-3H3,(H,19,20). The number of hydrogen-bond donors (Lipinski definition) is 1. The SMILES string of the molecule is COC(=O)c1cccc(NC(=O)COc2ccc(OC)cc2)c1C. The van der Waals surface area contributed by atoms with Gasteiger partial charge in [0.1, 0.15) is 11.5 Å². The van der Waals surface area contributed by atoms with Gasteiger partial charge in [0.2, 0.25) is 0 Å². The van der Waals surface area contributed by atoms with E-state index < -0.39 is 5.97 Å². The molecule has 126 valence electrons. The summed E-state index contributed by atoms with van der Waals surface area (Å²) in [5.41, 5.74) is 1.59. The van der Waals surface area contributed by atoms with E-state index in [0.29, 0.717) is 28.3 Å². The topological polar surface area (TPSA) is 73.9 Å². The van der Waals surface area contributed by atoms with Crippen LogP contribution in [0.3, 0.4) is 0 Å². The van der Waals surface area contributed by atoms with Gasteiger partial charge in [-0.25, -0.2) is 4.79 Å². The third-order valence-electron chi connectivity index (χ3n) is 3.44. The molecular weight excluding hydrogens is 310 g/mol. The highest BCUT2D eigenvalue weighted by Gasteiger charge is 2.13. The quantitative estimate of drug-likeness (QED) is 0.825. The van der Waals surface area contributed by atoms with Crippen molar-refractivity contribution in [2.24, 2.45) is 0 Å². The largest absolute Gasteiger partial charge is 0.497 e. The molecule has 6 nitrogen and oxygen atoms in total. The Morgan fingerprint density at radius 3 is 2.29 bits per heavy atom. The first-order valence-corrected chi connectivity index (χ1v) is 7.29. The van der Waals surface area contributed by atoms with Gasteiger partial charge in [-0.1, -0.05) is 6.07 Å². The van der Waals surface area contributed by atoms with Gasteiger partial charge < -0.3 is 19.5 Å². The van der Waals surface area contributed by atoms with Crippen molar-refractivity contribution in [3.05, 3.63) is 53.6 Å². The lowest BCUT2D eigenvalue weighted by Gasteiger charge is -2.12. The van der Waals surface area contributed by atoms with E-state index >= 15 is 0 Å². The molecule has 1 amide bonds. The molecule has 0 aliphatic heterocycles. The second kappa shape index (κ2) is 8.01. The maximum Gasteiger partial charge on any atom is 0.338 e. The molecule has 24 heavy (non-hydrogen) atoms. The van der Waals surface area contributed by atoms with Crippen molar-refractivity contribution in [3.63, 3.8) is 0 Å². The van der Waals surface area contributed by atoms with Crippen LogP contribution < -0.4 is 14.8 Å². The van der Waals surface area contributed by atoms with E-state index in [0.717, 1.165) is 0 Å². The number of anilines is 1. The van der Waals surface area contributed by atoms with Crippen LogP contribution in [0.1, 0.15) is 15.9 Å². The summed E-state index contributed by atoms with van der Waals surface area (Å²) >= 11 is 0. The maximum absolute atomic E-state index is 12.0. The predicted molar refractivity (Wildman–Crippen MR) is 89.6 cm³/mol. The summed E-state index contributed by atoms with van der Waals surface area (Å²) in [4.78, 5) is 23.7. The van der Waals surface area contributed by atoms with Gasteiger partial charge in [-0.2, -0.15) is 0 Å². The fraction of sp³-hybridized carbons (Fsp3) is 0.222. The van der Waals surface area contributed by atoms with Crippen molar-refractivity contribution in [3.8, 4) is 11.5 Å². The lowest BCUT2D eigenvalue weighted by Crippen LogP contribution is -2.21. The number of nitrogens with one attached hydrogen (secondary N) is 1. The molecule has 0 spiro atoms. The number of amides is 1. The Balaban J connectivity index is 1.98. The summed E-state index contributed by atoms with van der Waals surface area (Å²) < 4.78 is 15.2. The molecule has 2 rings (SSSR count). The summed E-state index contributed by atoms with van der Waals surface area (Å²) in [7, 11) is 2.89. The third-order valence-corrected chi connectivity index (χ3v) is 3.44. The average Bonchev–Trinajstić information content (AvgIpc) is 2.61. The number of esters is 1. The monoisotopic (exact) mass is 329 g/mol. The van der Waals surface area contributed by atoms with E-state index in [2.05, 4.69) is 5.32 Å². The molecule has 0 heterocycles. The Morgan fingerprint density at radius 2 is 1.67 bits per heavy atom. The highest BCUT2D eigenvalue weighted by molar-refractivity contribution is 5.97.